The third kappa shape index (κ3) is 5.10. The van der Waals surface area contributed by atoms with Crippen LogP contribution in [-0.2, 0) is 21.2 Å². The van der Waals surface area contributed by atoms with Crippen LogP contribution >= 0.6 is 0 Å². The lowest BCUT2D eigenvalue weighted by atomic mass is 10.1. The summed E-state index contributed by atoms with van der Waals surface area (Å²) in [4.78, 5) is 12.9. The summed E-state index contributed by atoms with van der Waals surface area (Å²) in [5.41, 5.74) is 4.12. The highest BCUT2D eigenvalue weighted by Crippen LogP contribution is 2.28. The molecule has 0 heterocycles. The van der Waals surface area contributed by atoms with Crippen molar-refractivity contribution < 1.29 is 13.2 Å². The number of nitrogens with one attached hydrogen (secondary N) is 1. The van der Waals surface area contributed by atoms with Gasteiger partial charge in [0.2, 0.25) is 15.9 Å². The lowest BCUT2D eigenvalue weighted by molar-refractivity contribution is -0.117. The Hall–Kier alpha value is -2.34. The molecule has 2 aromatic rings. The second-order valence-corrected chi connectivity index (χ2v) is 8.67. The minimum Gasteiger partial charge on any atom is -0.324 e. The first kappa shape index (κ1) is 21.0. The molecule has 0 aromatic heterocycles. The van der Waals surface area contributed by atoms with Gasteiger partial charge in [-0.1, -0.05) is 38.1 Å². The van der Waals surface area contributed by atoms with E-state index in [0.29, 0.717) is 17.8 Å². The van der Waals surface area contributed by atoms with E-state index in [1.165, 1.54) is 9.87 Å². The molecule has 1 N–H and O–H groups in total. The number of rotatable bonds is 7. The molecule has 0 bridgehead atoms. The maximum atomic E-state index is 12.9. The molecular weight excluding hydrogens is 360 g/mol. The average Bonchev–Trinajstić information content (AvgIpc) is 2.61. The summed E-state index contributed by atoms with van der Waals surface area (Å²) in [7, 11) is -3.64. The molecule has 0 spiro atoms. The maximum absolute atomic E-state index is 12.9. The van der Waals surface area contributed by atoms with E-state index in [2.05, 4.69) is 12.2 Å². The van der Waals surface area contributed by atoms with Gasteiger partial charge in [-0.2, -0.15) is 0 Å². The highest BCUT2D eigenvalue weighted by molar-refractivity contribution is 7.92. The standard InChI is InChI=1S/C21H28N2O3S/c1-6-17-10-12-18(13-11-17)22-21(24)19(7-2)23(27(5,25)26)20-14-15(3)8-9-16(20)4/h8-14,19H,6-7H2,1-5H3,(H,22,24). The van der Waals surface area contributed by atoms with Gasteiger partial charge in [0.25, 0.3) is 0 Å². The van der Waals surface area contributed by atoms with Gasteiger partial charge in [-0.25, -0.2) is 8.42 Å². The monoisotopic (exact) mass is 388 g/mol. The minimum atomic E-state index is -3.64. The Balaban J connectivity index is 2.39. The van der Waals surface area contributed by atoms with Crippen molar-refractivity contribution in [2.45, 2.75) is 46.6 Å². The molecule has 27 heavy (non-hydrogen) atoms. The van der Waals surface area contributed by atoms with Crippen molar-refractivity contribution in [1.29, 1.82) is 0 Å². The van der Waals surface area contributed by atoms with Crippen LogP contribution in [0.15, 0.2) is 42.5 Å². The number of sulfonamides is 1. The lowest BCUT2D eigenvalue weighted by Crippen LogP contribution is -2.47. The molecule has 6 heteroatoms. The van der Waals surface area contributed by atoms with E-state index >= 15 is 0 Å². The van der Waals surface area contributed by atoms with Crippen LogP contribution in [0.2, 0.25) is 0 Å². The van der Waals surface area contributed by atoms with Crippen LogP contribution < -0.4 is 9.62 Å². The van der Waals surface area contributed by atoms with Crippen LogP contribution in [0.5, 0.6) is 0 Å². The molecule has 0 saturated carbocycles. The number of anilines is 2. The van der Waals surface area contributed by atoms with Crippen molar-refractivity contribution in [3.05, 3.63) is 59.2 Å². The first-order valence-electron chi connectivity index (χ1n) is 9.13. The van der Waals surface area contributed by atoms with Crippen molar-refractivity contribution >= 4 is 27.3 Å². The number of nitrogens with zero attached hydrogens (tertiary/aromatic N) is 1. The number of carbonyl (C=O) groups excluding carboxylic acids is 1. The van der Waals surface area contributed by atoms with Crippen LogP contribution in [0.25, 0.3) is 0 Å². The summed E-state index contributed by atoms with van der Waals surface area (Å²) in [5.74, 6) is -0.340. The van der Waals surface area contributed by atoms with Crippen LogP contribution in [0.3, 0.4) is 0 Å². The Labute approximate surface area is 162 Å². The van der Waals surface area contributed by atoms with E-state index in [-0.39, 0.29) is 5.91 Å². The van der Waals surface area contributed by atoms with E-state index in [0.717, 1.165) is 23.8 Å². The molecule has 146 valence electrons. The Morgan fingerprint density at radius 3 is 2.22 bits per heavy atom. The normalized spacial score (nSPS) is 12.5. The van der Waals surface area contributed by atoms with Crippen molar-refractivity contribution in [2.24, 2.45) is 0 Å². The number of amides is 1. The minimum absolute atomic E-state index is 0.340. The molecule has 0 aliphatic carbocycles. The highest BCUT2D eigenvalue weighted by atomic mass is 32.2. The SMILES string of the molecule is CCc1ccc(NC(=O)C(CC)N(c2cc(C)ccc2C)S(C)(=O)=O)cc1. The van der Waals surface area contributed by atoms with Gasteiger partial charge < -0.3 is 5.32 Å². The van der Waals surface area contributed by atoms with Crippen LogP contribution in [0.4, 0.5) is 11.4 Å². The molecule has 0 aliphatic rings. The second kappa shape index (κ2) is 8.57. The molecule has 0 saturated heterocycles. The van der Waals surface area contributed by atoms with Crippen LogP contribution in [0, 0.1) is 13.8 Å². The van der Waals surface area contributed by atoms with E-state index in [4.69, 9.17) is 0 Å². The first-order chi connectivity index (χ1) is 12.7. The van der Waals surface area contributed by atoms with E-state index in [1.807, 2.05) is 63.2 Å². The Kier molecular flexibility index (Phi) is 6.65. The summed E-state index contributed by atoms with van der Waals surface area (Å²) in [6.07, 6.45) is 2.42. The zero-order valence-electron chi connectivity index (χ0n) is 16.6. The number of hydrogen-bond donors (Lipinski definition) is 1. The summed E-state index contributed by atoms with van der Waals surface area (Å²) in [6.45, 7) is 7.63. The van der Waals surface area contributed by atoms with E-state index < -0.39 is 16.1 Å². The van der Waals surface area contributed by atoms with Crippen molar-refractivity contribution in [3.63, 3.8) is 0 Å². The third-order valence-electron chi connectivity index (χ3n) is 4.56. The van der Waals surface area contributed by atoms with Gasteiger partial charge in [0.15, 0.2) is 0 Å². The van der Waals surface area contributed by atoms with E-state index in [9.17, 15) is 13.2 Å². The fraction of sp³-hybridized carbons (Fsp3) is 0.381. The van der Waals surface area contributed by atoms with Crippen molar-refractivity contribution in [1.82, 2.24) is 0 Å². The summed E-state index contributed by atoms with van der Waals surface area (Å²) >= 11 is 0. The van der Waals surface area contributed by atoms with Crippen molar-refractivity contribution in [2.75, 3.05) is 15.9 Å². The zero-order valence-corrected chi connectivity index (χ0v) is 17.4. The molecule has 1 unspecified atom stereocenters. The number of carbonyl (C=O) groups is 1. The molecule has 1 amide bonds. The Morgan fingerprint density at radius 2 is 1.70 bits per heavy atom. The molecule has 2 rings (SSSR count). The molecule has 1 atom stereocenters. The molecule has 0 fully saturated rings. The summed E-state index contributed by atoms with van der Waals surface area (Å²) < 4.78 is 26.4. The smallest absolute Gasteiger partial charge is 0.248 e. The van der Waals surface area contributed by atoms with Gasteiger partial charge in [0.05, 0.1) is 11.9 Å². The fourth-order valence-electron chi connectivity index (χ4n) is 3.04. The lowest BCUT2D eigenvalue weighted by Gasteiger charge is -2.31. The molecule has 0 radical (unpaired) electrons. The van der Waals surface area contributed by atoms with Gasteiger partial charge in [-0.15, -0.1) is 0 Å². The summed E-state index contributed by atoms with van der Waals surface area (Å²) in [5, 5.41) is 2.86. The maximum Gasteiger partial charge on any atom is 0.248 e. The number of benzene rings is 2. The molecule has 2 aromatic carbocycles. The number of aryl methyl sites for hydroxylation is 3. The predicted octanol–water partition coefficient (Wildman–Crippen LogP) is 4.05. The Morgan fingerprint density at radius 1 is 1.07 bits per heavy atom. The number of hydrogen-bond acceptors (Lipinski definition) is 3. The largest absolute Gasteiger partial charge is 0.324 e. The van der Waals surface area contributed by atoms with Gasteiger partial charge in [0, 0.05) is 5.69 Å². The molecule has 5 nitrogen and oxygen atoms in total. The first-order valence-corrected chi connectivity index (χ1v) is 11.0. The average molecular weight is 389 g/mol. The predicted molar refractivity (Wildman–Crippen MR) is 112 cm³/mol. The van der Waals surface area contributed by atoms with Crippen LogP contribution in [-0.4, -0.2) is 26.6 Å². The zero-order chi connectivity index (χ0) is 20.2. The van der Waals surface area contributed by atoms with E-state index in [1.54, 1.807) is 0 Å². The second-order valence-electron chi connectivity index (χ2n) is 6.81. The molecule has 0 aliphatic heterocycles. The quantitative estimate of drug-likeness (QED) is 0.778. The van der Waals surface area contributed by atoms with Gasteiger partial charge in [-0.3, -0.25) is 9.10 Å². The van der Waals surface area contributed by atoms with Crippen molar-refractivity contribution in [3.8, 4) is 0 Å². The van der Waals surface area contributed by atoms with Crippen LogP contribution in [0.1, 0.15) is 37.0 Å². The van der Waals surface area contributed by atoms with Gasteiger partial charge in [0.1, 0.15) is 6.04 Å². The fourth-order valence-corrected chi connectivity index (χ4v) is 4.30. The van der Waals surface area contributed by atoms with Gasteiger partial charge >= 0.3 is 0 Å². The highest BCUT2D eigenvalue weighted by Gasteiger charge is 2.32. The topological polar surface area (TPSA) is 66.5 Å². The Bertz CT molecular complexity index is 906. The third-order valence-corrected chi connectivity index (χ3v) is 5.73. The summed E-state index contributed by atoms with van der Waals surface area (Å²) in [6, 6.07) is 12.4. The molecular formula is C21H28N2O3S. The van der Waals surface area contributed by atoms with Gasteiger partial charge in [-0.05, 0) is 61.6 Å².